The summed E-state index contributed by atoms with van der Waals surface area (Å²) in [7, 11) is 0. The fraction of sp³-hybridized carbons (Fsp3) is 0.273. The van der Waals surface area contributed by atoms with Crippen molar-refractivity contribution in [1.29, 1.82) is 0 Å². The second-order valence-corrected chi connectivity index (χ2v) is 2.98. The van der Waals surface area contributed by atoms with E-state index >= 15 is 0 Å². The van der Waals surface area contributed by atoms with Crippen LogP contribution in [0.4, 0.5) is 0 Å². The third-order valence-corrected chi connectivity index (χ3v) is 1.35. The van der Waals surface area contributed by atoms with Crippen LogP contribution in [0.1, 0.15) is 13.8 Å². The van der Waals surface area contributed by atoms with Gasteiger partial charge in [-0.05, 0) is 13.8 Å². The van der Waals surface area contributed by atoms with Gasteiger partial charge in [-0.25, -0.2) is 0 Å². The maximum Gasteiger partial charge on any atom is 0.00849 e. The molecule has 66 valence electrons. The van der Waals surface area contributed by atoms with E-state index in [4.69, 9.17) is 0 Å². The molecule has 0 fully saturated rings. The van der Waals surface area contributed by atoms with Crippen molar-refractivity contribution in [2.45, 2.75) is 13.8 Å². The van der Waals surface area contributed by atoms with Gasteiger partial charge in [0.1, 0.15) is 0 Å². The highest BCUT2D eigenvalue weighted by molar-refractivity contribution is 7.80. The Kier molecular flexibility index (Phi) is 7.92. The van der Waals surface area contributed by atoms with E-state index < -0.39 is 0 Å². The van der Waals surface area contributed by atoms with Crippen LogP contribution in [0.2, 0.25) is 0 Å². The summed E-state index contributed by atoms with van der Waals surface area (Å²) in [6, 6.07) is 12.0. The summed E-state index contributed by atoms with van der Waals surface area (Å²) in [5, 5.41) is 0. The van der Waals surface area contributed by atoms with E-state index in [-0.39, 0.29) is 0 Å². The molecule has 1 aromatic carbocycles. The smallest absolute Gasteiger partial charge is 0.00849 e. The number of rotatable bonds is 1. The molecule has 0 heterocycles. The quantitative estimate of drug-likeness (QED) is 0.496. The van der Waals surface area contributed by atoms with Gasteiger partial charge >= 0.3 is 0 Å². The number of hydrogen-bond donors (Lipinski definition) is 1. The summed E-state index contributed by atoms with van der Waals surface area (Å²) in [5.74, 6) is 0.863. The van der Waals surface area contributed by atoms with Crippen LogP contribution in [0.5, 0.6) is 0 Å². The number of thiol groups is 1. The average molecular weight is 180 g/mol. The molecular weight excluding hydrogens is 164 g/mol. The molecule has 12 heavy (non-hydrogen) atoms. The van der Waals surface area contributed by atoms with Crippen molar-refractivity contribution in [1.82, 2.24) is 0 Å². The average Bonchev–Trinajstić information content (AvgIpc) is 2.08. The molecule has 0 aromatic heterocycles. The first-order valence-corrected chi connectivity index (χ1v) is 4.65. The van der Waals surface area contributed by atoms with Crippen LogP contribution >= 0.6 is 12.6 Å². The molecule has 1 aromatic rings. The monoisotopic (exact) mass is 180 g/mol. The Morgan fingerprint density at radius 2 is 1.33 bits per heavy atom. The molecule has 1 rings (SSSR count). The van der Waals surface area contributed by atoms with Gasteiger partial charge in [0.05, 0.1) is 0 Å². The third-order valence-electron chi connectivity index (χ3n) is 1.17. The van der Waals surface area contributed by atoms with Gasteiger partial charge in [-0.2, -0.15) is 12.6 Å². The molecule has 0 saturated heterocycles. The van der Waals surface area contributed by atoms with Gasteiger partial charge < -0.3 is 0 Å². The highest BCUT2D eigenvalue weighted by atomic mass is 32.1. The highest BCUT2D eigenvalue weighted by Gasteiger charge is 1.67. The Hall–Kier alpha value is -0.690. The van der Waals surface area contributed by atoms with E-state index in [0.29, 0.717) is 0 Å². The second-order valence-electron chi connectivity index (χ2n) is 2.62. The molecule has 0 atom stereocenters. The van der Waals surface area contributed by atoms with E-state index in [1.807, 2.05) is 36.4 Å². The number of hydrogen-bond acceptors (Lipinski definition) is 1. The molecule has 0 radical (unpaired) electrons. The normalized spacial score (nSPS) is 7.92. The van der Waals surface area contributed by atoms with Crippen LogP contribution in [-0.4, -0.2) is 5.75 Å². The van der Waals surface area contributed by atoms with Crippen molar-refractivity contribution < 1.29 is 0 Å². The summed E-state index contributed by atoms with van der Waals surface area (Å²) in [4.78, 5) is 0. The Balaban J connectivity index is 0.000000202. The van der Waals surface area contributed by atoms with Gasteiger partial charge in [0.15, 0.2) is 0 Å². The maximum absolute atomic E-state index is 3.98. The highest BCUT2D eigenvalue weighted by Crippen LogP contribution is 1.87. The predicted octanol–water partition coefficient (Wildman–Crippen LogP) is 3.57. The minimum atomic E-state index is 0.863. The number of benzene rings is 1. The second kappa shape index (κ2) is 8.41. The molecule has 0 unspecified atom stereocenters. The van der Waals surface area contributed by atoms with Crippen molar-refractivity contribution in [2.75, 3.05) is 5.75 Å². The van der Waals surface area contributed by atoms with E-state index in [1.54, 1.807) is 0 Å². The Morgan fingerprint density at radius 3 is 1.42 bits per heavy atom. The molecule has 0 saturated carbocycles. The van der Waals surface area contributed by atoms with Crippen LogP contribution in [0, 0.1) is 0 Å². The molecule has 0 bridgehead atoms. The van der Waals surface area contributed by atoms with Crippen molar-refractivity contribution in [3.05, 3.63) is 48.0 Å². The van der Waals surface area contributed by atoms with Crippen molar-refractivity contribution in [2.24, 2.45) is 0 Å². The SMILES string of the molecule is CC(C)=CCS.c1ccccc1. The summed E-state index contributed by atoms with van der Waals surface area (Å²) in [6.07, 6.45) is 2.07. The van der Waals surface area contributed by atoms with Crippen LogP contribution in [0.25, 0.3) is 0 Å². The maximum atomic E-state index is 3.98. The van der Waals surface area contributed by atoms with E-state index in [0.717, 1.165) is 5.75 Å². The fourth-order valence-electron chi connectivity index (χ4n) is 0.567. The summed E-state index contributed by atoms with van der Waals surface area (Å²) >= 11 is 3.98. The van der Waals surface area contributed by atoms with Crippen molar-refractivity contribution >= 4 is 12.6 Å². The first-order valence-electron chi connectivity index (χ1n) is 4.01. The predicted molar refractivity (Wildman–Crippen MR) is 59.7 cm³/mol. The standard InChI is InChI=1S/C6H6.C5H10S/c1-2-4-6-5-3-1;1-5(2)3-4-6/h1-6H;3,6H,4H2,1-2H3. The zero-order valence-electron chi connectivity index (χ0n) is 7.70. The minimum absolute atomic E-state index is 0.863. The lowest BCUT2D eigenvalue weighted by molar-refractivity contribution is 1.37. The lowest BCUT2D eigenvalue weighted by atomic mass is 10.3. The summed E-state index contributed by atoms with van der Waals surface area (Å²) in [6.45, 7) is 4.13. The lowest BCUT2D eigenvalue weighted by Crippen LogP contribution is -1.63. The van der Waals surface area contributed by atoms with Gasteiger partial charge in [-0.3, -0.25) is 0 Å². The van der Waals surface area contributed by atoms with Crippen LogP contribution in [-0.2, 0) is 0 Å². The van der Waals surface area contributed by atoms with E-state index in [2.05, 4.69) is 32.6 Å². The molecule has 0 amide bonds. The van der Waals surface area contributed by atoms with Crippen LogP contribution in [0.15, 0.2) is 48.0 Å². The van der Waals surface area contributed by atoms with Crippen LogP contribution in [0.3, 0.4) is 0 Å². The lowest BCUT2D eigenvalue weighted by Gasteiger charge is -1.79. The first kappa shape index (κ1) is 11.3. The summed E-state index contributed by atoms with van der Waals surface area (Å²) in [5.41, 5.74) is 1.34. The van der Waals surface area contributed by atoms with E-state index in [9.17, 15) is 0 Å². The molecule has 0 N–H and O–H groups in total. The molecule has 1 heteroatoms. The molecular formula is C11H16S. The van der Waals surface area contributed by atoms with Crippen molar-refractivity contribution in [3.63, 3.8) is 0 Å². The molecule has 0 aliphatic carbocycles. The molecule has 0 aliphatic heterocycles. The number of allylic oxidation sites excluding steroid dienone is 1. The molecule has 0 spiro atoms. The van der Waals surface area contributed by atoms with Crippen LogP contribution < -0.4 is 0 Å². The van der Waals surface area contributed by atoms with Crippen molar-refractivity contribution in [3.8, 4) is 0 Å². The van der Waals surface area contributed by atoms with Gasteiger partial charge in [0.25, 0.3) is 0 Å². The zero-order chi connectivity index (χ0) is 9.23. The first-order chi connectivity index (χ1) is 5.77. The Bertz CT molecular complexity index is 171. The van der Waals surface area contributed by atoms with Gasteiger partial charge in [-0.1, -0.05) is 48.0 Å². The summed E-state index contributed by atoms with van der Waals surface area (Å²) < 4.78 is 0. The van der Waals surface area contributed by atoms with E-state index in [1.165, 1.54) is 5.57 Å². The largest absolute Gasteiger partial charge is 0.175 e. The van der Waals surface area contributed by atoms with Gasteiger partial charge in [0.2, 0.25) is 0 Å². The zero-order valence-corrected chi connectivity index (χ0v) is 8.59. The molecule has 0 aliphatic rings. The Labute approximate surface area is 80.7 Å². The minimum Gasteiger partial charge on any atom is -0.175 e. The van der Waals surface area contributed by atoms with Gasteiger partial charge in [-0.15, -0.1) is 0 Å². The third kappa shape index (κ3) is 9.31. The fourth-order valence-corrected chi connectivity index (χ4v) is 0.933. The van der Waals surface area contributed by atoms with Gasteiger partial charge in [0, 0.05) is 5.75 Å². The molecule has 0 nitrogen and oxygen atoms in total. The topological polar surface area (TPSA) is 0 Å². The Morgan fingerprint density at radius 1 is 1.00 bits per heavy atom.